The number of hydrogen-bond donors (Lipinski definition) is 1. The highest BCUT2D eigenvalue weighted by Crippen LogP contribution is 2.29. The summed E-state index contributed by atoms with van der Waals surface area (Å²) in [6, 6.07) is 10.0. The van der Waals surface area contributed by atoms with Crippen molar-refractivity contribution in [2.45, 2.75) is 24.9 Å². The van der Waals surface area contributed by atoms with Crippen molar-refractivity contribution in [3.05, 3.63) is 65.7 Å². The van der Waals surface area contributed by atoms with Gasteiger partial charge in [-0.15, -0.1) is 0 Å². The Hall–Kier alpha value is -3.18. The van der Waals surface area contributed by atoms with Crippen molar-refractivity contribution < 1.29 is 35.9 Å². The average molecular weight is 484 g/mol. The minimum absolute atomic E-state index is 0.00464. The predicted octanol–water partition coefficient (Wildman–Crippen LogP) is 3.93. The van der Waals surface area contributed by atoms with E-state index in [2.05, 4.69) is 5.32 Å². The van der Waals surface area contributed by atoms with E-state index in [0.29, 0.717) is 13.1 Å². The van der Waals surface area contributed by atoms with Gasteiger partial charge >= 0.3 is 12.1 Å². The molecule has 0 aliphatic heterocycles. The van der Waals surface area contributed by atoms with Crippen LogP contribution in [0, 0.1) is 0 Å². The number of carbonyl (C=O) groups excluding carboxylic acids is 2. The Balaban J connectivity index is 1.96. The lowest BCUT2D eigenvalue weighted by Gasteiger charge is -2.18. The highest BCUT2D eigenvalue weighted by atomic mass is 32.2. The second-order valence-corrected chi connectivity index (χ2v) is 8.67. The first-order chi connectivity index (χ1) is 15.5. The molecule has 2 aromatic carbocycles. The number of hydrogen-bond acceptors (Lipinski definition) is 5. The van der Waals surface area contributed by atoms with Crippen molar-refractivity contribution in [3.8, 4) is 0 Å². The van der Waals surface area contributed by atoms with Crippen molar-refractivity contribution in [3.63, 3.8) is 0 Å². The molecule has 0 spiro atoms. The molecule has 178 valence electrons. The zero-order valence-electron chi connectivity index (χ0n) is 17.9. The second kappa shape index (κ2) is 11.1. The molecule has 11 heteroatoms. The Kier molecular flexibility index (Phi) is 8.77. The number of nitrogens with one attached hydrogen (secondary N) is 1. The number of rotatable bonds is 9. The van der Waals surface area contributed by atoms with E-state index in [-0.39, 0.29) is 16.1 Å². The molecule has 33 heavy (non-hydrogen) atoms. The van der Waals surface area contributed by atoms with Gasteiger partial charge in [0.1, 0.15) is 0 Å². The fourth-order valence-electron chi connectivity index (χ4n) is 2.81. The zero-order valence-corrected chi connectivity index (χ0v) is 18.7. The molecule has 0 aromatic heterocycles. The van der Waals surface area contributed by atoms with Crippen LogP contribution in [0.15, 0.2) is 59.5 Å². The van der Waals surface area contributed by atoms with E-state index in [4.69, 9.17) is 4.74 Å². The number of sulfonamides is 1. The van der Waals surface area contributed by atoms with Crippen LogP contribution in [0.5, 0.6) is 0 Å². The van der Waals surface area contributed by atoms with Crippen LogP contribution in [0.3, 0.4) is 0 Å². The molecular weight excluding hydrogens is 461 g/mol. The molecule has 0 fully saturated rings. The van der Waals surface area contributed by atoms with Crippen LogP contribution in [0.25, 0.3) is 6.08 Å². The van der Waals surface area contributed by atoms with Crippen molar-refractivity contribution in [1.29, 1.82) is 0 Å². The number of ether oxygens (including phenoxy) is 1. The van der Waals surface area contributed by atoms with E-state index >= 15 is 0 Å². The van der Waals surface area contributed by atoms with Gasteiger partial charge in [0.15, 0.2) is 6.61 Å². The van der Waals surface area contributed by atoms with Crippen LogP contribution in [-0.2, 0) is 30.5 Å². The van der Waals surface area contributed by atoms with Crippen LogP contribution in [0.2, 0.25) is 0 Å². The average Bonchev–Trinajstić information content (AvgIpc) is 2.77. The normalized spacial score (nSPS) is 12.2. The standard InChI is InChI=1S/C22H23F3N2O5S/c1-3-27(4-2)33(30,31)19-10-6-9-18(14-19)26-20(28)15-32-21(29)12-11-16-7-5-8-17(13-16)22(23,24)25/h5-14H,3-4,15H2,1-2H3,(H,26,28)/b12-11+. The smallest absolute Gasteiger partial charge is 0.416 e. The SMILES string of the molecule is CCN(CC)S(=O)(=O)c1cccc(NC(=O)COC(=O)/C=C/c2cccc(C(F)(F)F)c2)c1. The van der Waals surface area contributed by atoms with Crippen LogP contribution < -0.4 is 5.32 Å². The largest absolute Gasteiger partial charge is 0.452 e. The van der Waals surface area contributed by atoms with Gasteiger partial charge in [-0.3, -0.25) is 4.79 Å². The van der Waals surface area contributed by atoms with Crippen molar-refractivity contribution >= 4 is 33.7 Å². The summed E-state index contributed by atoms with van der Waals surface area (Å²) in [5.41, 5.74) is -0.524. The third-order valence-electron chi connectivity index (χ3n) is 4.43. The number of carbonyl (C=O) groups is 2. The molecule has 0 saturated heterocycles. The highest BCUT2D eigenvalue weighted by Gasteiger charge is 2.30. The van der Waals surface area contributed by atoms with E-state index in [0.717, 1.165) is 24.3 Å². The van der Waals surface area contributed by atoms with Gasteiger partial charge in [-0.1, -0.05) is 32.0 Å². The maximum absolute atomic E-state index is 12.7. The fraction of sp³-hybridized carbons (Fsp3) is 0.273. The number of halogens is 3. The number of esters is 1. The van der Waals surface area contributed by atoms with Gasteiger partial charge in [-0.2, -0.15) is 17.5 Å². The molecule has 0 radical (unpaired) electrons. The highest BCUT2D eigenvalue weighted by molar-refractivity contribution is 7.89. The Labute approximate surface area is 189 Å². The van der Waals surface area contributed by atoms with E-state index in [1.165, 1.54) is 40.7 Å². The van der Waals surface area contributed by atoms with Gasteiger partial charge in [-0.25, -0.2) is 13.2 Å². The predicted molar refractivity (Wildman–Crippen MR) is 117 cm³/mol. The van der Waals surface area contributed by atoms with E-state index in [1.807, 2.05) is 0 Å². The van der Waals surface area contributed by atoms with Gasteiger partial charge in [-0.05, 0) is 42.0 Å². The summed E-state index contributed by atoms with van der Waals surface area (Å²) in [6.45, 7) is 3.34. The summed E-state index contributed by atoms with van der Waals surface area (Å²) in [7, 11) is -3.71. The molecule has 0 aliphatic rings. The maximum atomic E-state index is 12.7. The molecule has 1 amide bonds. The molecule has 2 rings (SSSR count). The molecule has 2 aromatic rings. The first-order valence-electron chi connectivity index (χ1n) is 9.89. The topological polar surface area (TPSA) is 92.8 Å². The van der Waals surface area contributed by atoms with Gasteiger partial charge in [0.25, 0.3) is 5.91 Å². The van der Waals surface area contributed by atoms with Crippen LogP contribution >= 0.6 is 0 Å². The molecule has 0 saturated carbocycles. The summed E-state index contributed by atoms with van der Waals surface area (Å²) < 4.78 is 69.4. The number of anilines is 1. The Morgan fingerprint density at radius 1 is 1.06 bits per heavy atom. The summed E-state index contributed by atoms with van der Waals surface area (Å²) in [4.78, 5) is 23.8. The first-order valence-corrected chi connectivity index (χ1v) is 11.3. The molecule has 0 heterocycles. The van der Waals surface area contributed by atoms with Crippen LogP contribution in [0.1, 0.15) is 25.0 Å². The number of benzene rings is 2. The molecule has 1 N–H and O–H groups in total. The summed E-state index contributed by atoms with van der Waals surface area (Å²) >= 11 is 0. The van der Waals surface area contributed by atoms with E-state index < -0.39 is 40.2 Å². The van der Waals surface area contributed by atoms with Gasteiger partial charge < -0.3 is 10.1 Å². The van der Waals surface area contributed by atoms with Crippen LogP contribution in [0.4, 0.5) is 18.9 Å². The Morgan fingerprint density at radius 2 is 1.73 bits per heavy atom. The van der Waals surface area contributed by atoms with Crippen LogP contribution in [-0.4, -0.2) is 44.3 Å². The van der Waals surface area contributed by atoms with E-state index in [1.54, 1.807) is 13.8 Å². The van der Waals surface area contributed by atoms with Gasteiger partial charge in [0.05, 0.1) is 10.5 Å². The lowest BCUT2D eigenvalue weighted by atomic mass is 10.1. The molecule has 7 nitrogen and oxygen atoms in total. The second-order valence-electron chi connectivity index (χ2n) is 6.73. The minimum atomic E-state index is -4.51. The van der Waals surface area contributed by atoms with Crippen molar-refractivity contribution in [1.82, 2.24) is 4.31 Å². The third kappa shape index (κ3) is 7.43. The molecule has 0 bridgehead atoms. The lowest BCUT2D eigenvalue weighted by molar-refractivity contribution is -0.142. The number of amides is 1. The Morgan fingerprint density at radius 3 is 2.36 bits per heavy atom. The number of nitrogens with zero attached hydrogens (tertiary/aromatic N) is 1. The summed E-state index contributed by atoms with van der Waals surface area (Å²) in [5.74, 6) is -1.64. The summed E-state index contributed by atoms with van der Waals surface area (Å²) in [5, 5.41) is 2.43. The first kappa shape index (κ1) is 26.1. The zero-order chi connectivity index (χ0) is 24.6. The van der Waals surface area contributed by atoms with Gasteiger partial charge in [0, 0.05) is 24.9 Å². The quantitative estimate of drug-likeness (QED) is 0.430. The van der Waals surface area contributed by atoms with E-state index in [9.17, 15) is 31.2 Å². The lowest BCUT2D eigenvalue weighted by Crippen LogP contribution is -2.30. The summed E-state index contributed by atoms with van der Waals surface area (Å²) in [6.07, 6.45) is -2.47. The fourth-order valence-corrected chi connectivity index (χ4v) is 4.32. The monoisotopic (exact) mass is 484 g/mol. The molecule has 0 unspecified atom stereocenters. The third-order valence-corrected chi connectivity index (χ3v) is 6.48. The molecule has 0 aliphatic carbocycles. The molecule has 0 atom stereocenters. The van der Waals surface area contributed by atoms with Gasteiger partial charge in [0.2, 0.25) is 10.0 Å². The minimum Gasteiger partial charge on any atom is -0.452 e. The maximum Gasteiger partial charge on any atom is 0.416 e. The molecular formula is C22H23F3N2O5S. The number of alkyl halides is 3. The van der Waals surface area contributed by atoms with Crippen molar-refractivity contribution in [2.24, 2.45) is 0 Å². The van der Waals surface area contributed by atoms with Crippen molar-refractivity contribution in [2.75, 3.05) is 25.0 Å². The Bertz CT molecular complexity index is 1130.